The van der Waals surface area contributed by atoms with Gasteiger partial charge in [-0.25, -0.2) is 4.68 Å². The van der Waals surface area contributed by atoms with Crippen molar-refractivity contribution in [3.63, 3.8) is 0 Å². The minimum absolute atomic E-state index is 0.0461. The molecule has 0 aromatic carbocycles. The first-order valence-electron chi connectivity index (χ1n) is 7.02. The maximum Gasteiger partial charge on any atom is 0.153 e. The van der Waals surface area contributed by atoms with Crippen molar-refractivity contribution >= 4 is 15.9 Å². The smallest absolute Gasteiger partial charge is 0.153 e. The zero-order valence-corrected chi connectivity index (χ0v) is 13.9. The highest BCUT2D eigenvalue weighted by atomic mass is 79.9. The van der Waals surface area contributed by atoms with Crippen LogP contribution in [0.1, 0.15) is 45.3 Å². The zero-order chi connectivity index (χ0) is 14.0. The summed E-state index contributed by atoms with van der Waals surface area (Å²) < 4.78 is 2.71. The molecule has 1 saturated heterocycles. The molecule has 1 aromatic rings. The lowest BCUT2D eigenvalue weighted by molar-refractivity contribution is 0.103. The fourth-order valence-electron chi connectivity index (χ4n) is 3.01. The number of likely N-dealkylation sites (N-methyl/N-ethyl adjacent to an activating group) is 1. The van der Waals surface area contributed by atoms with Gasteiger partial charge in [-0.1, -0.05) is 12.1 Å². The molecule has 0 bridgehead atoms. The second-order valence-electron chi connectivity index (χ2n) is 5.73. The normalized spacial score (nSPS) is 19.0. The molecule has 0 aliphatic carbocycles. The van der Waals surface area contributed by atoms with Gasteiger partial charge in [0.15, 0.2) is 4.60 Å². The largest absolute Gasteiger partial charge is 0.307 e. The SMILES string of the molecule is CCNC(c1c(Br)nnn1C)C(C)(C)N1CCCC1. The number of nitrogens with zero attached hydrogens (tertiary/aromatic N) is 4. The maximum atomic E-state index is 4.13. The molecule has 6 heteroatoms. The lowest BCUT2D eigenvalue weighted by atomic mass is 9.90. The molecular weight excluding hydrogens is 306 g/mol. The van der Waals surface area contributed by atoms with E-state index in [-0.39, 0.29) is 11.6 Å². The number of likely N-dealkylation sites (tertiary alicyclic amines) is 1. The Labute approximate surface area is 123 Å². The van der Waals surface area contributed by atoms with Crippen LogP contribution in [0.2, 0.25) is 0 Å². The van der Waals surface area contributed by atoms with Gasteiger partial charge in [0.05, 0.1) is 11.7 Å². The van der Waals surface area contributed by atoms with Crippen LogP contribution in [0.3, 0.4) is 0 Å². The maximum absolute atomic E-state index is 4.13. The Morgan fingerprint density at radius 1 is 1.37 bits per heavy atom. The molecule has 1 aliphatic heterocycles. The Bertz CT molecular complexity index is 403. The standard InChI is InChI=1S/C13H24BrN5/c1-5-15-11(10-12(14)16-17-18(10)4)13(2,3)19-8-6-7-9-19/h11,15H,5-9H2,1-4H3. The minimum Gasteiger partial charge on any atom is -0.307 e. The van der Waals surface area contributed by atoms with Crippen molar-refractivity contribution in [2.75, 3.05) is 19.6 Å². The van der Waals surface area contributed by atoms with Crippen molar-refractivity contribution < 1.29 is 0 Å². The van der Waals surface area contributed by atoms with Crippen molar-refractivity contribution in [1.29, 1.82) is 0 Å². The Balaban J connectivity index is 2.33. The van der Waals surface area contributed by atoms with E-state index in [1.807, 2.05) is 11.7 Å². The molecule has 2 rings (SSSR count). The summed E-state index contributed by atoms with van der Waals surface area (Å²) in [6.07, 6.45) is 2.60. The molecule has 0 saturated carbocycles. The van der Waals surface area contributed by atoms with Gasteiger partial charge in [-0.15, -0.1) is 5.10 Å². The van der Waals surface area contributed by atoms with Crippen LogP contribution in [0.5, 0.6) is 0 Å². The van der Waals surface area contributed by atoms with Gasteiger partial charge in [-0.05, 0) is 62.3 Å². The average Bonchev–Trinajstić information content (AvgIpc) is 2.98. The van der Waals surface area contributed by atoms with E-state index in [0.717, 1.165) is 16.8 Å². The van der Waals surface area contributed by atoms with Gasteiger partial charge in [0.2, 0.25) is 0 Å². The fraction of sp³-hybridized carbons (Fsp3) is 0.846. The summed E-state index contributed by atoms with van der Waals surface area (Å²) in [5.74, 6) is 0. The fourth-order valence-corrected chi connectivity index (χ4v) is 3.56. The highest BCUT2D eigenvalue weighted by Crippen LogP contribution is 2.35. The molecule has 5 nitrogen and oxygen atoms in total. The molecule has 1 aromatic heterocycles. The van der Waals surface area contributed by atoms with Gasteiger partial charge in [0, 0.05) is 12.6 Å². The predicted octanol–water partition coefficient (Wildman–Crippen LogP) is 2.10. The van der Waals surface area contributed by atoms with Crippen LogP contribution in [0.25, 0.3) is 0 Å². The molecule has 1 N–H and O–H groups in total. The third-order valence-corrected chi connectivity index (χ3v) is 4.70. The first-order chi connectivity index (χ1) is 8.98. The number of halogens is 1. The van der Waals surface area contributed by atoms with Crippen LogP contribution >= 0.6 is 15.9 Å². The van der Waals surface area contributed by atoms with Crippen LogP contribution < -0.4 is 5.32 Å². The van der Waals surface area contributed by atoms with Gasteiger partial charge in [0.1, 0.15) is 0 Å². The molecule has 19 heavy (non-hydrogen) atoms. The highest BCUT2D eigenvalue weighted by molar-refractivity contribution is 9.10. The zero-order valence-electron chi connectivity index (χ0n) is 12.3. The quantitative estimate of drug-likeness (QED) is 0.898. The van der Waals surface area contributed by atoms with Gasteiger partial charge >= 0.3 is 0 Å². The van der Waals surface area contributed by atoms with Crippen LogP contribution in [0.4, 0.5) is 0 Å². The van der Waals surface area contributed by atoms with Gasteiger partial charge in [-0.3, -0.25) is 4.90 Å². The first-order valence-corrected chi connectivity index (χ1v) is 7.81. The van der Waals surface area contributed by atoms with Gasteiger partial charge in [0.25, 0.3) is 0 Å². The molecule has 0 radical (unpaired) electrons. The molecule has 1 atom stereocenters. The third-order valence-electron chi connectivity index (χ3n) is 4.14. The molecule has 108 valence electrons. The Morgan fingerprint density at radius 2 is 2.00 bits per heavy atom. The summed E-state index contributed by atoms with van der Waals surface area (Å²) in [5.41, 5.74) is 1.17. The van der Waals surface area contributed by atoms with Gasteiger partial charge in [-0.2, -0.15) is 0 Å². The summed E-state index contributed by atoms with van der Waals surface area (Å²) >= 11 is 3.54. The Hall–Kier alpha value is -0.460. The van der Waals surface area contributed by atoms with Crippen LogP contribution in [-0.2, 0) is 7.05 Å². The van der Waals surface area contributed by atoms with E-state index in [1.54, 1.807) is 0 Å². The number of hydrogen-bond donors (Lipinski definition) is 1. The lowest BCUT2D eigenvalue weighted by Gasteiger charge is -2.42. The number of rotatable bonds is 5. The summed E-state index contributed by atoms with van der Waals surface area (Å²) in [6, 6.07) is 0.213. The summed E-state index contributed by atoms with van der Waals surface area (Å²) in [6.45, 7) is 10.1. The van der Waals surface area contributed by atoms with E-state index in [0.29, 0.717) is 0 Å². The second-order valence-corrected chi connectivity index (χ2v) is 6.48. The highest BCUT2D eigenvalue weighted by Gasteiger charge is 2.39. The molecule has 1 unspecified atom stereocenters. The molecule has 0 spiro atoms. The third kappa shape index (κ3) is 2.85. The predicted molar refractivity (Wildman–Crippen MR) is 80.0 cm³/mol. The van der Waals surface area contributed by atoms with E-state index in [2.05, 4.69) is 57.2 Å². The minimum atomic E-state index is 0.0461. The molecule has 1 fully saturated rings. The average molecular weight is 330 g/mol. The lowest BCUT2D eigenvalue weighted by Crippen LogP contribution is -2.52. The van der Waals surface area contributed by atoms with Crippen molar-refractivity contribution in [2.45, 2.75) is 45.2 Å². The van der Waals surface area contributed by atoms with Crippen LogP contribution in [0.15, 0.2) is 4.60 Å². The van der Waals surface area contributed by atoms with E-state index >= 15 is 0 Å². The van der Waals surface area contributed by atoms with Crippen LogP contribution in [-0.4, -0.2) is 45.1 Å². The van der Waals surface area contributed by atoms with E-state index < -0.39 is 0 Å². The topological polar surface area (TPSA) is 46.0 Å². The molecule has 1 aliphatic rings. The summed E-state index contributed by atoms with van der Waals surface area (Å²) in [7, 11) is 1.96. The number of aryl methyl sites for hydroxylation is 1. The Morgan fingerprint density at radius 3 is 2.47 bits per heavy atom. The van der Waals surface area contributed by atoms with Crippen LogP contribution in [0, 0.1) is 0 Å². The molecule has 0 amide bonds. The molecule has 2 heterocycles. The molecular formula is C13H24BrN5. The van der Waals surface area contributed by atoms with Crippen molar-refractivity contribution in [3.05, 3.63) is 10.3 Å². The van der Waals surface area contributed by atoms with Gasteiger partial charge < -0.3 is 5.32 Å². The second kappa shape index (κ2) is 5.89. The first kappa shape index (κ1) is 14.9. The summed E-state index contributed by atoms with van der Waals surface area (Å²) in [5, 5.41) is 11.9. The summed E-state index contributed by atoms with van der Waals surface area (Å²) in [4.78, 5) is 2.57. The van der Waals surface area contributed by atoms with E-state index in [9.17, 15) is 0 Å². The van der Waals surface area contributed by atoms with Crippen molar-refractivity contribution in [3.8, 4) is 0 Å². The Kier molecular flexibility index (Phi) is 4.63. The van der Waals surface area contributed by atoms with Crippen molar-refractivity contribution in [1.82, 2.24) is 25.2 Å². The van der Waals surface area contributed by atoms with E-state index in [4.69, 9.17) is 0 Å². The number of nitrogens with one attached hydrogen (secondary N) is 1. The number of aromatic nitrogens is 3. The van der Waals surface area contributed by atoms with E-state index in [1.165, 1.54) is 25.9 Å². The van der Waals surface area contributed by atoms with Crippen molar-refractivity contribution in [2.24, 2.45) is 7.05 Å². The number of hydrogen-bond acceptors (Lipinski definition) is 4. The monoisotopic (exact) mass is 329 g/mol.